The van der Waals surface area contributed by atoms with Gasteiger partial charge in [-0.15, -0.1) is 0 Å². The number of nitrogens with one attached hydrogen (secondary N) is 2. The van der Waals surface area contributed by atoms with Crippen LogP contribution in [0.1, 0.15) is 18.4 Å². The second-order valence-electron chi connectivity index (χ2n) is 6.51. The van der Waals surface area contributed by atoms with Crippen molar-refractivity contribution in [3.63, 3.8) is 0 Å². The van der Waals surface area contributed by atoms with Crippen molar-refractivity contribution in [1.29, 1.82) is 0 Å². The van der Waals surface area contributed by atoms with E-state index in [1.165, 1.54) is 4.31 Å². The van der Waals surface area contributed by atoms with Gasteiger partial charge < -0.3 is 10.6 Å². The van der Waals surface area contributed by atoms with E-state index in [0.29, 0.717) is 19.4 Å². The van der Waals surface area contributed by atoms with Crippen LogP contribution < -0.4 is 10.6 Å². The predicted molar refractivity (Wildman–Crippen MR) is 90.7 cm³/mol. The lowest BCUT2D eigenvalue weighted by atomic mass is 10.0. The number of hydrogen-bond acceptors (Lipinski definition) is 5. The summed E-state index contributed by atoms with van der Waals surface area (Å²) >= 11 is 1.58. The maximum atomic E-state index is 12.4. The van der Waals surface area contributed by atoms with Crippen molar-refractivity contribution in [3.8, 4) is 0 Å². The van der Waals surface area contributed by atoms with Crippen molar-refractivity contribution < 1.29 is 18.0 Å². The number of rotatable bonds is 4. The van der Waals surface area contributed by atoms with Crippen molar-refractivity contribution in [2.24, 2.45) is 11.8 Å². The van der Waals surface area contributed by atoms with E-state index >= 15 is 0 Å². The molecule has 24 heavy (non-hydrogen) atoms. The third-order valence-electron chi connectivity index (χ3n) is 4.69. The molecule has 0 aromatic carbocycles. The first-order chi connectivity index (χ1) is 11.3. The van der Waals surface area contributed by atoms with Gasteiger partial charge in [-0.2, -0.15) is 15.6 Å². The summed E-state index contributed by atoms with van der Waals surface area (Å²) in [6.45, 7) is 0.646. The van der Waals surface area contributed by atoms with Gasteiger partial charge in [-0.05, 0) is 41.1 Å². The molecule has 132 valence electrons. The minimum Gasteiger partial charge on any atom is -0.352 e. The van der Waals surface area contributed by atoms with Crippen LogP contribution in [0.15, 0.2) is 16.8 Å². The smallest absolute Gasteiger partial charge is 0.235 e. The molecule has 2 fully saturated rings. The molecule has 2 aliphatic rings. The van der Waals surface area contributed by atoms with Crippen LogP contribution in [0.25, 0.3) is 0 Å². The van der Waals surface area contributed by atoms with Crippen molar-refractivity contribution in [2.75, 3.05) is 19.3 Å². The highest BCUT2D eigenvalue weighted by Gasteiger charge is 2.42. The SMILES string of the molecule is CS(=O)(=O)N1CC(=O)N[C@@H]2C[C@@H](C(=O)NCc3ccsc3)C[C@@H]2C1. The molecule has 2 amide bonds. The summed E-state index contributed by atoms with van der Waals surface area (Å²) in [5, 5.41) is 9.75. The van der Waals surface area contributed by atoms with Gasteiger partial charge in [-0.1, -0.05) is 0 Å². The Morgan fingerprint density at radius 3 is 2.92 bits per heavy atom. The first-order valence-corrected chi connectivity index (χ1v) is 10.7. The van der Waals surface area contributed by atoms with E-state index in [1.807, 2.05) is 16.8 Å². The van der Waals surface area contributed by atoms with Crippen LogP contribution in [0, 0.1) is 11.8 Å². The summed E-state index contributed by atoms with van der Waals surface area (Å²) in [5.41, 5.74) is 1.07. The van der Waals surface area contributed by atoms with Crippen LogP contribution in [0.2, 0.25) is 0 Å². The van der Waals surface area contributed by atoms with Gasteiger partial charge in [0.15, 0.2) is 0 Å². The quantitative estimate of drug-likeness (QED) is 0.788. The van der Waals surface area contributed by atoms with Crippen LogP contribution in [0.5, 0.6) is 0 Å². The lowest BCUT2D eigenvalue weighted by molar-refractivity contribution is -0.125. The van der Waals surface area contributed by atoms with E-state index in [4.69, 9.17) is 0 Å². The van der Waals surface area contributed by atoms with Gasteiger partial charge in [-0.25, -0.2) is 8.42 Å². The Labute approximate surface area is 145 Å². The fourth-order valence-electron chi connectivity index (χ4n) is 3.44. The maximum absolute atomic E-state index is 12.4. The van der Waals surface area contributed by atoms with Gasteiger partial charge in [0.25, 0.3) is 0 Å². The normalized spacial score (nSPS) is 28.0. The minimum absolute atomic E-state index is 0.0249. The second kappa shape index (κ2) is 6.81. The average Bonchev–Trinajstić information content (AvgIpc) is 3.11. The molecule has 9 heteroatoms. The lowest BCUT2D eigenvalue weighted by Gasteiger charge is -2.20. The second-order valence-corrected chi connectivity index (χ2v) is 9.27. The molecular weight excluding hydrogens is 350 g/mol. The molecule has 1 aliphatic carbocycles. The average molecular weight is 371 g/mol. The summed E-state index contributed by atoms with van der Waals surface area (Å²) in [4.78, 5) is 24.3. The molecule has 0 spiro atoms. The summed E-state index contributed by atoms with van der Waals surface area (Å²) < 4.78 is 24.8. The van der Waals surface area contributed by atoms with Crippen LogP contribution in [0.3, 0.4) is 0 Å². The van der Waals surface area contributed by atoms with E-state index in [9.17, 15) is 18.0 Å². The molecule has 1 aromatic heterocycles. The Morgan fingerprint density at radius 2 is 2.25 bits per heavy atom. The van der Waals surface area contributed by atoms with Gasteiger partial charge in [-0.3, -0.25) is 9.59 Å². The molecule has 7 nitrogen and oxygen atoms in total. The highest BCUT2D eigenvalue weighted by atomic mass is 32.2. The standard InChI is InChI=1S/C15H21N3O4S2/c1-24(21,22)18-7-12-4-11(5-13(12)17-14(19)8-18)15(20)16-6-10-2-3-23-9-10/h2-3,9,11-13H,4-8H2,1H3,(H,16,20)(H,17,19)/t11-,12+,13+/m0/s1. The third kappa shape index (κ3) is 3.96. The zero-order valence-electron chi connectivity index (χ0n) is 13.4. The predicted octanol–water partition coefficient (Wildman–Crippen LogP) is 0.151. The lowest BCUT2D eigenvalue weighted by Crippen LogP contribution is -2.39. The topological polar surface area (TPSA) is 95.6 Å². The van der Waals surface area contributed by atoms with Gasteiger partial charge in [0.1, 0.15) is 0 Å². The van der Waals surface area contributed by atoms with Crippen molar-refractivity contribution in [1.82, 2.24) is 14.9 Å². The van der Waals surface area contributed by atoms with Gasteiger partial charge in [0.05, 0.1) is 12.8 Å². The monoisotopic (exact) mass is 371 g/mol. The molecule has 3 atom stereocenters. The van der Waals surface area contributed by atoms with Gasteiger partial charge in [0, 0.05) is 25.0 Å². The van der Waals surface area contributed by atoms with E-state index in [0.717, 1.165) is 11.8 Å². The highest BCUT2D eigenvalue weighted by Crippen LogP contribution is 2.34. The molecule has 2 heterocycles. The Hall–Kier alpha value is -1.45. The number of carbonyl (C=O) groups excluding carboxylic acids is 2. The minimum atomic E-state index is -3.43. The number of fused-ring (bicyclic) bond motifs is 1. The summed E-state index contributed by atoms with van der Waals surface area (Å²) in [6, 6.07) is 1.83. The molecule has 1 aromatic rings. The summed E-state index contributed by atoms with van der Waals surface area (Å²) in [7, 11) is -3.43. The first-order valence-electron chi connectivity index (χ1n) is 7.86. The Bertz CT molecular complexity index is 717. The molecule has 1 saturated carbocycles. The Morgan fingerprint density at radius 1 is 1.46 bits per heavy atom. The summed E-state index contributed by atoms with van der Waals surface area (Å²) in [6.07, 6.45) is 2.26. The number of hydrogen-bond donors (Lipinski definition) is 2. The summed E-state index contributed by atoms with van der Waals surface area (Å²) in [5.74, 6) is -0.553. The zero-order valence-corrected chi connectivity index (χ0v) is 15.0. The molecular formula is C15H21N3O4S2. The van der Waals surface area contributed by atoms with Crippen LogP contribution >= 0.6 is 11.3 Å². The first kappa shape index (κ1) is 17.4. The molecule has 3 rings (SSSR count). The largest absolute Gasteiger partial charge is 0.352 e. The number of nitrogens with zero attached hydrogens (tertiary/aromatic N) is 1. The number of amides is 2. The number of sulfonamides is 1. The van der Waals surface area contributed by atoms with Crippen molar-refractivity contribution in [2.45, 2.75) is 25.4 Å². The van der Waals surface area contributed by atoms with Crippen molar-refractivity contribution in [3.05, 3.63) is 22.4 Å². The number of carbonyl (C=O) groups is 2. The highest BCUT2D eigenvalue weighted by molar-refractivity contribution is 7.88. The van der Waals surface area contributed by atoms with Gasteiger partial charge in [0.2, 0.25) is 21.8 Å². The van der Waals surface area contributed by atoms with E-state index < -0.39 is 10.0 Å². The van der Waals surface area contributed by atoms with E-state index in [2.05, 4.69) is 10.6 Å². The van der Waals surface area contributed by atoms with Crippen LogP contribution in [0.4, 0.5) is 0 Å². The van der Waals surface area contributed by atoms with Crippen molar-refractivity contribution >= 4 is 33.2 Å². The fourth-order valence-corrected chi connectivity index (χ4v) is 4.92. The molecule has 0 radical (unpaired) electrons. The zero-order chi connectivity index (χ0) is 17.3. The molecule has 0 bridgehead atoms. The Balaban J connectivity index is 1.62. The molecule has 1 saturated heterocycles. The maximum Gasteiger partial charge on any atom is 0.235 e. The number of thiophene rings is 1. The molecule has 0 unspecified atom stereocenters. The third-order valence-corrected chi connectivity index (χ3v) is 6.63. The van der Waals surface area contributed by atoms with Crippen LogP contribution in [-0.2, 0) is 26.2 Å². The molecule has 1 aliphatic heterocycles. The van der Waals surface area contributed by atoms with E-state index in [1.54, 1.807) is 11.3 Å². The van der Waals surface area contributed by atoms with E-state index in [-0.39, 0.29) is 42.8 Å². The Kier molecular flexibility index (Phi) is 4.93. The fraction of sp³-hybridized carbons (Fsp3) is 0.600. The molecule has 2 N–H and O–H groups in total. The van der Waals surface area contributed by atoms with Gasteiger partial charge >= 0.3 is 0 Å². The van der Waals surface area contributed by atoms with Crippen LogP contribution in [-0.4, -0.2) is 49.9 Å².